The first-order valence-electron chi connectivity index (χ1n) is 6.14. The summed E-state index contributed by atoms with van der Waals surface area (Å²) in [6.45, 7) is 1.73. The summed E-state index contributed by atoms with van der Waals surface area (Å²) < 4.78 is 26.3. The molecule has 0 aliphatic carbocycles. The molecule has 8 heteroatoms. The fraction of sp³-hybridized carbons (Fsp3) is 0.385. The van der Waals surface area contributed by atoms with Crippen molar-refractivity contribution in [3.05, 3.63) is 22.7 Å². The molecule has 1 aromatic carbocycles. The van der Waals surface area contributed by atoms with Gasteiger partial charge in [-0.1, -0.05) is 11.6 Å². The summed E-state index contributed by atoms with van der Waals surface area (Å²) in [4.78, 5) is -0.108. The number of nitrogens with zero attached hydrogens (tertiary/aromatic N) is 3. The smallest absolute Gasteiger partial charge is 0.244 e. The SMILES string of the molecule is Cc1cc(Cl)c(S(=O)(=O)N(CCC#N)CCC#N)cc1N. The van der Waals surface area contributed by atoms with Crippen molar-refractivity contribution in [2.45, 2.75) is 24.7 Å². The van der Waals surface area contributed by atoms with Crippen LogP contribution in [0.3, 0.4) is 0 Å². The molecule has 0 aromatic heterocycles. The number of sulfonamides is 1. The van der Waals surface area contributed by atoms with Crippen molar-refractivity contribution in [1.82, 2.24) is 4.31 Å². The summed E-state index contributed by atoms with van der Waals surface area (Å²) in [7, 11) is -3.90. The monoisotopic (exact) mass is 326 g/mol. The van der Waals surface area contributed by atoms with E-state index in [2.05, 4.69) is 0 Å². The molecule has 0 atom stereocenters. The number of aryl methyl sites for hydroxylation is 1. The number of hydrogen-bond donors (Lipinski definition) is 1. The van der Waals surface area contributed by atoms with Gasteiger partial charge in [-0.15, -0.1) is 0 Å². The van der Waals surface area contributed by atoms with Gasteiger partial charge in [-0.2, -0.15) is 14.8 Å². The molecule has 6 nitrogen and oxygen atoms in total. The maximum Gasteiger partial charge on any atom is 0.244 e. The van der Waals surface area contributed by atoms with Gasteiger partial charge in [0.15, 0.2) is 0 Å². The van der Waals surface area contributed by atoms with Gasteiger partial charge in [0, 0.05) is 31.6 Å². The Morgan fingerprint density at radius 2 is 1.76 bits per heavy atom. The average Bonchev–Trinajstić information content (AvgIpc) is 2.42. The van der Waals surface area contributed by atoms with Crippen LogP contribution >= 0.6 is 11.6 Å². The molecule has 0 heterocycles. The fourth-order valence-corrected chi connectivity index (χ4v) is 3.74. The van der Waals surface area contributed by atoms with E-state index in [0.717, 1.165) is 4.31 Å². The molecule has 1 rings (SSSR count). The molecule has 0 spiro atoms. The van der Waals surface area contributed by atoms with E-state index in [1.807, 2.05) is 12.1 Å². The molecule has 112 valence electrons. The lowest BCUT2D eigenvalue weighted by atomic mass is 10.2. The first kappa shape index (κ1) is 17.3. The van der Waals surface area contributed by atoms with Gasteiger partial charge in [0.05, 0.1) is 17.2 Å². The van der Waals surface area contributed by atoms with Gasteiger partial charge in [0.25, 0.3) is 0 Å². The molecule has 0 amide bonds. The molecule has 2 N–H and O–H groups in total. The molecule has 0 aliphatic rings. The molecule has 1 aromatic rings. The summed E-state index contributed by atoms with van der Waals surface area (Å²) in [5, 5.41) is 17.3. The van der Waals surface area contributed by atoms with Crippen molar-refractivity contribution < 1.29 is 8.42 Å². The number of nitrogens with two attached hydrogens (primary N) is 1. The van der Waals surface area contributed by atoms with E-state index in [-0.39, 0.29) is 35.8 Å². The van der Waals surface area contributed by atoms with Crippen LogP contribution in [0.1, 0.15) is 18.4 Å². The third-order valence-corrected chi connectivity index (χ3v) is 5.25. The van der Waals surface area contributed by atoms with E-state index in [4.69, 9.17) is 27.9 Å². The molecule has 0 bridgehead atoms. The minimum atomic E-state index is -3.90. The Morgan fingerprint density at radius 1 is 1.24 bits per heavy atom. The molecular weight excluding hydrogens is 312 g/mol. The van der Waals surface area contributed by atoms with E-state index in [0.29, 0.717) is 11.3 Å². The Labute approximate surface area is 129 Å². The van der Waals surface area contributed by atoms with E-state index >= 15 is 0 Å². The Morgan fingerprint density at radius 3 is 2.24 bits per heavy atom. The molecular formula is C13H15ClN4O2S. The van der Waals surface area contributed by atoms with Crippen LogP contribution in [0, 0.1) is 29.6 Å². The van der Waals surface area contributed by atoms with Crippen LogP contribution in [0.25, 0.3) is 0 Å². The third kappa shape index (κ3) is 4.08. The van der Waals surface area contributed by atoms with Crippen molar-refractivity contribution in [3.8, 4) is 12.1 Å². The van der Waals surface area contributed by atoms with Crippen LogP contribution in [0.2, 0.25) is 5.02 Å². The zero-order valence-corrected chi connectivity index (χ0v) is 13.1. The van der Waals surface area contributed by atoms with Crippen LogP contribution in [-0.4, -0.2) is 25.8 Å². The minimum Gasteiger partial charge on any atom is -0.398 e. The van der Waals surface area contributed by atoms with Gasteiger partial charge >= 0.3 is 0 Å². The van der Waals surface area contributed by atoms with Crippen molar-refractivity contribution in [2.24, 2.45) is 0 Å². The zero-order chi connectivity index (χ0) is 16.0. The van der Waals surface area contributed by atoms with Gasteiger partial charge in [-0.25, -0.2) is 8.42 Å². The van der Waals surface area contributed by atoms with Crippen LogP contribution in [0.5, 0.6) is 0 Å². The Hall–Kier alpha value is -1.80. The predicted molar refractivity (Wildman–Crippen MR) is 79.8 cm³/mol. The maximum absolute atomic E-state index is 12.6. The highest BCUT2D eigenvalue weighted by atomic mass is 35.5. The van der Waals surface area contributed by atoms with Crippen molar-refractivity contribution >= 4 is 27.3 Å². The van der Waals surface area contributed by atoms with E-state index in [1.165, 1.54) is 12.1 Å². The average molecular weight is 327 g/mol. The van der Waals surface area contributed by atoms with Crippen LogP contribution < -0.4 is 5.73 Å². The maximum atomic E-state index is 12.6. The number of nitrogen functional groups attached to an aromatic ring is 1. The highest BCUT2D eigenvalue weighted by Gasteiger charge is 2.26. The Bertz CT molecular complexity index is 686. The lowest BCUT2D eigenvalue weighted by Gasteiger charge is -2.21. The molecule has 0 radical (unpaired) electrons. The summed E-state index contributed by atoms with van der Waals surface area (Å²) in [5.41, 5.74) is 6.74. The van der Waals surface area contributed by atoms with E-state index in [1.54, 1.807) is 6.92 Å². The standard InChI is InChI=1S/C13H15ClN4O2S/c1-10-8-11(14)13(9-12(10)17)21(19,20)18(6-2-4-15)7-3-5-16/h8-9H,2-3,6-7,17H2,1H3. The number of nitriles is 2. The number of anilines is 1. The first-order valence-corrected chi connectivity index (χ1v) is 7.96. The fourth-order valence-electron chi connectivity index (χ4n) is 1.71. The third-order valence-electron chi connectivity index (χ3n) is 2.88. The quantitative estimate of drug-likeness (QED) is 0.804. The number of hydrogen-bond acceptors (Lipinski definition) is 5. The zero-order valence-electron chi connectivity index (χ0n) is 11.5. The van der Waals surface area contributed by atoms with Crippen molar-refractivity contribution in [1.29, 1.82) is 10.5 Å². The summed E-state index contributed by atoms with van der Waals surface area (Å²) >= 11 is 6.01. The molecule has 0 saturated carbocycles. The van der Waals surface area contributed by atoms with Gasteiger partial charge < -0.3 is 5.73 Å². The lowest BCUT2D eigenvalue weighted by molar-refractivity contribution is 0.425. The molecule has 0 fully saturated rings. The van der Waals surface area contributed by atoms with Crippen molar-refractivity contribution in [2.75, 3.05) is 18.8 Å². The van der Waals surface area contributed by atoms with Crippen LogP contribution in [0.15, 0.2) is 17.0 Å². The lowest BCUT2D eigenvalue weighted by Crippen LogP contribution is -2.33. The predicted octanol–water partition coefficient (Wildman–Crippen LogP) is 2.05. The largest absolute Gasteiger partial charge is 0.398 e. The van der Waals surface area contributed by atoms with Gasteiger partial charge in [0.2, 0.25) is 10.0 Å². The van der Waals surface area contributed by atoms with E-state index in [9.17, 15) is 8.42 Å². The number of rotatable bonds is 6. The summed E-state index contributed by atoms with van der Waals surface area (Å²) in [6.07, 6.45) is 0.0627. The Balaban J connectivity index is 3.25. The molecule has 0 saturated heterocycles. The second-order valence-corrected chi connectivity index (χ2v) is 6.67. The van der Waals surface area contributed by atoms with Crippen LogP contribution in [-0.2, 0) is 10.0 Å². The number of benzene rings is 1. The Kier molecular flexibility index (Phi) is 5.98. The van der Waals surface area contributed by atoms with E-state index < -0.39 is 10.0 Å². The minimum absolute atomic E-state index is 0.00459. The van der Waals surface area contributed by atoms with Gasteiger partial charge in [-0.3, -0.25) is 0 Å². The van der Waals surface area contributed by atoms with Crippen molar-refractivity contribution in [3.63, 3.8) is 0 Å². The first-order chi connectivity index (χ1) is 9.84. The molecule has 21 heavy (non-hydrogen) atoms. The van der Waals surface area contributed by atoms with Crippen LogP contribution in [0.4, 0.5) is 5.69 Å². The highest BCUT2D eigenvalue weighted by Crippen LogP contribution is 2.29. The van der Waals surface area contributed by atoms with Gasteiger partial charge in [0.1, 0.15) is 4.90 Å². The highest BCUT2D eigenvalue weighted by molar-refractivity contribution is 7.89. The molecule has 0 aliphatic heterocycles. The normalized spacial score (nSPS) is 11.1. The van der Waals surface area contributed by atoms with Gasteiger partial charge in [-0.05, 0) is 24.6 Å². The topological polar surface area (TPSA) is 111 Å². The summed E-state index contributed by atoms with van der Waals surface area (Å²) in [5.74, 6) is 0. The second kappa shape index (κ2) is 7.28. The second-order valence-electron chi connectivity index (χ2n) is 4.36. The summed E-state index contributed by atoms with van der Waals surface area (Å²) in [6, 6.07) is 6.56. The number of halogens is 1. The molecule has 0 unspecified atom stereocenters.